The van der Waals surface area contributed by atoms with Gasteiger partial charge in [0.05, 0.1) is 11.1 Å². The number of rotatable bonds is 6. The molecule has 0 amide bonds. The van der Waals surface area contributed by atoms with Crippen molar-refractivity contribution in [1.29, 1.82) is 0 Å². The molecule has 3 aromatic carbocycles. The Balaban J connectivity index is 1.42. The van der Waals surface area contributed by atoms with E-state index in [1.165, 1.54) is 12.1 Å². The molecule has 0 saturated heterocycles. The summed E-state index contributed by atoms with van der Waals surface area (Å²) < 4.78 is 37.5. The average molecular weight is 434 g/mol. The maximum absolute atomic E-state index is 13.7. The number of halogens is 2. The van der Waals surface area contributed by atoms with Gasteiger partial charge in [0.25, 0.3) is 0 Å². The highest BCUT2D eigenvalue weighted by atomic mass is 19.1. The quantitative estimate of drug-likeness (QED) is 0.313. The van der Waals surface area contributed by atoms with E-state index in [4.69, 9.17) is 9.15 Å². The van der Waals surface area contributed by atoms with E-state index in [9.17, 15) is 18.4 Å². The fourth-order valence-electron chi connectivity index (χ4n) is 3.01. The van der Waals surface area contributed by atoms with E-state index in [0.29, 0.717) is 11.5 Å². The summed E-state index contributed by atoms with van der Waals surface area (Å²) in [5, 5.41) is 8.11. The fraction of sp³-hybridized carbons (Fsp3) is 0.0833. The standard InChI is InChI=1S/C24H16F2N2O4/c1-14-4-2-3-5-18(14)23-28-27-22(32-23)15-6-8-16(9-7-15)24(30)31-13-21(29)19-12-17(25)10-11-20(19)26/h2-12H,13H2,1H3. The van der Waals surface area contributed by atoms with E-state index in [-0.39, 0.29) is 11.5 Å². The first-order valence-electron chi connectivity index (χ1n) is 9.57. The lowest BCUT2D eigenvalue weighted by Crippen LogP contribution is -2.15. The van der Waals surface area contributed by atoms with Crippen LogP contribution in [-0.2, 0) is 4.74 Å². The van der Waals surface area contributed by atoms with Gasteiger partial charge in [0.15, 0.2) is 6.61 Å². The molecule has 1 aromatic heterocycles. The van der Waals surface area contributed by atoms with Gasteiger partial charge in [-0.15, -0.1) is 10.2 Å². The highest BCUT2D eigenvalue weighted by Gasteiger charge is 2.17. The first-order valence-corrected chi connectivity index (χ1v) is 9.57. The third kappa shape index (κ3) is 4.44. The van der Waals surface area contributed by atoms with E-state index in [1.54, 1.807) is 12.1 Å². The number of Topliss-reactive ketones (excluding diaryl/α,β-unsaturated/α-hetero) is 1. The van der Waals surface area contributed by atoms with Gasteiger partial charge in [0.1, 0.15) is 11.6 Å². The van der Waals surface area contributed by atoms with Crippen LogP contribution in [0.1, 0.15) is 26.3 Å². The molecule has 32 heavy (non-hydrogen) atoms. The Labute approximate surface area is 181 Å². The summed E-state index contributed by atoms with van der Waals surface area (Å²) in [6.07, 6.45) is 0. The van der Waals surface area contributed by atoms with Crippen LogP contribution in [0.2, 0.25) is 0 Å². The van der Waals surface area contributed by atoms with E-state index in [2.05, 4.69) is 10.2 Å². The molecule has 0 aliphatic rings. The van der Waals surface area contributed by atoms with Crippen LogP contribution in [-0.4, -0.2) is 28.6 Å². The van der Waals surface area contributed by atoms with Crippen molar-refractivity contribution >= 4 is 11.8 Å². The fourth-order valence-corrected chi connectivity index (χ4v) is 3.01. The molecule has 6 nitrogen and oxygen atoms in total. The second-order valence-electron chi connectivity index (χ2n) is 6.93. The number of carbonyl (C=O) groups excluding carboxylic acids is 2. The van der Waals surface area contributed by atoms with Gasteiger partial charge < -0.3 is 9.15 Å². The van der Waals surface area contributed by atoms with Crippen LogP contribution in [0.15, 0.2) is 71.1 Å². The van der Waals surface area contributed by atoms with Gasteiger partial charge in [-0.1, -0.05) is 18.2 Å². The van der Waals surface area contributed by atoms with E-state index in [1.807, 2.05) is 31.2 Å². The van der Waals surface area contributed by atoms with Gasteiger partial charge in [0.2, 0.25) is 17.6 Å². The Morgan fingerprint density at radius 1 is 0.938 bits per heavy atom. The van der Waals surface area contributed by atoms with Gasteiger partial charge in [-0.25, -0.2) is 13.6 Å². The molecule has 4 aromatic rings. The zero-order chi connectivity index (χ0) is 22.7. The van der Waals surface area contributed by atoms with Crippen molar-refractivity contribution in [1.82, 2.24) is 10.2 Å². The maximum atomic E-state index is 13.7. The molecule has 1 heterocycles. The third-order valence-corrected chi connectivity index (χ3v) is 4.73. The second kappa shape index (κ2) is 8.89. The zero-order valence-electron chi connectivity index (χ0n) is 16.8. The number of ketones is 1. The van der Waals surface area contributed by atoms with Crippen molar-refractivity contribution in [2.45, 2.75) is 6.92 Å². The third-order valence-electron chi connectivity index (χ3n) is 4.73. The second-order valence-corrected chi connectivity index (χ2v) is 6.93. The number of ether oxygens (including phenoxy) is 1. The lowest BCUT2D eigenvalue weighted by molar-refractivity contribution is 0.0473. The highest BCUT2D eigenvalue weighted by Crippen LogP contribution is 2.26. The van der Waals surface area contributed by atoms with Crippen LogP contribution >= 0.6 is 0 Å². The lowest BCUT2D eigenvalue weighted by Gasteiger charge is -2.06. The monoisotopic (exact) mass is 434 g/mol. The number of esters is 1. The summed E-state index contributed by atoms with van der Waals surface area (Å²) in [6, 6.07) is 16.2. The summed E-state index contributed by atoms with van der Waals surface area (Å²) in [5.41, 5.74) is 2.10. The number of hydrogen-bond donors (Lipinski definition) is 0. The molecular weight excluding hydrogens is 418 g/mol. The molecule has 8 heteroatoms. The highest BCUT2D eigenvalue weighted by molar-refractivity contribution is 5.99. The van der Waals surface area contributed by atoms with Gasteiger partial charge in [0, 0.05) is 11.1 Å². The molecule has 160 valence electrons. The summed E-state index contributed by atoms with van der Waals surface area (Å²) in [5.74, 6) is -2.62. The van der Waals surface area contributed by atoms with Crippen LogP contribution in [0.4, 0.5) is 8.78 Å². The minimum Gasteiger partial charge on any atom is -0.454 e. The Bertz CT molecular complexity index is 1300. The Kier molecular flexibility index (Phi) is 5.85. The van der Waals surface area contributed by atoms with Crippen molar-refractivity contribution in [3.8, 4) is 22.9 Å². The van der Waals surface area contributed by atoms with Crippen molar-refractivity contribution in [3.63, 3.8) is 0 Å². The van der Waals surface area contributed by atoms with E-state index in [0.717, 1.165) is 29.3 Å². The number of carbonyl (C=O) groups is 2. The van der Waals surface area contributed by atoms with Gasteiger partial charge >= 0.3 is 5.97 Å². The number of benzene rings is 3. The zero-order valence-corrected chi connectivity index (χ0v) is 16.8. The van der Waals surface area contributed by atoms with Crippen LogP contribution in [0.3, 0.4) is 0 Å². The number of hydrogen-bond acceptors (Lipinski definition) is 6. The molecule has 0 fully saturated rings. The molecule has 0 radical (unpaired) electrons. The molecular formula is C24H16F2N2O4. The summed E-state index contributed by atoms with van der Waals surface area (Å²) >= 11 is 0. The van der Waals surface area contributed by atoms with Crippen LogP contribution in [0.25, 0.3) is 22.9 Å². The van der Waals surface area contributed by atoms with Gasteiger partial charge in [-0.2, -0.15) is 0 Å². The SMILES string of the molecule is Cc1ccccc1-c1nnc(-c2ccc(C(=O)OCC(=O)c3cc(F)ccc3F)cc2)o1. The Morgan fingerprint density at radius 2 is 1.66 bits per heavy atom. The smallest absolute Gasteiger partial charge is 0.338 e. The van der Waals surface area contributed by atoms with Crippen LogP contribution < -0.4 is 0 Å². The maximum Gasteiger partial charge on any atom is 0.338 e. The summed E-state index contributed by atoms with van der Waals surface area (Å²) in [4.78, 5) is 24.2. The van der Waals surface area contributed by atoms with Crippen LogP contribution in [0, 0.1) is 18.6 Å². The van der Waals surface area contributed by atoms with Crippen molar-refractivity contribution in [2.24, 2.45) is 0 Å². The normalized spacial score (nSPS) is 10.7. The van der Waals surface area contributed by atoms with E-state index >= 15 is 0 Å². The first kappa shape index (κ1) is 21.0. The summed E-state index contributed by atoms with van der Waals surface area (Å²) in [6.45, 7) is 1.22. The van der Waals surface area contributed by atoms with Crippen molar-refractivity contribution in [2.75, 3.05) is 6.61 Å². The number of aryl methyl sites for hydroxylation is 1. The largest absolute Gasteiger partial charge is 0.454 e. The van der Waals surface area contributed by atoms with Gasteiger partial charge in [-0.05, 0) is 61.0 Å². The minimum absolute atomic E-state index is 0.167. The predicted molar refractivity (Wildman–Crippen MR) is 111 cm³/mol. The summed E-state index contributed by atoms with van der Waals surface area (Å²) in [7, 11) is 0. The molecule has 4 rings (SSSR count). The number of nitrogens with zero attached hydrogens (tertiary/aromatic N) is 2. The molecule has 0 atom stereocenters. The molecule has 0 aliphatic heterocycles. The molecule has 0 unspecified atom stereocenters. The minimum atomic E-state index is -0.888. The first-order chi connectivity index (χ1) is 15.4. The molecule has 0 saturated carbocycles. The number of aromatic nitrogens is 2. The van der Waals surface area contributed by atoms with Crippen molar-refractivity contribution < 1.29 is 27.5 Å². The molecule has 0 spiro atoms. The lowest BCUT2D eigenvalue weighted by atomic mass is 10.1. The molecule has 0 aliphatic carbocycles. The van der Waals surface area contributed by atoms with Gasteiger partial charge in [-0.3, -0.25) is 4.79 Å². The predicted octanol–water partition coefficient (Wildman–Crippen LogP) is 5.03. The molecule has 0 N–H and O–H groups in total. The average Bonchev–Trinajstić information content (AvgIpc) is 3.29. The molecule has 0 bridgehead atoms. The van der Waals surface area contributed by atoms with Crippen molar-refractivity contribution in [3.05, 3.63) is 95.1 Å². The van der Waals surface area contributed by atoms with E-state index < -0.39 is 35.6 Å². The topological polar surface area (TPSA) is 82.3 Å². The Hall–Kier alpha value is -4.20. The van der Waals surface area contributed by atoms with Crippen LogP contribution in [0.5, 0.6) is 0 Å². The Morgan fingerprint density at radius 3 is 2.41 bits per heavy atom.